The van der Waals surface area contributed by atoms with Gasteiger partial charge in [0.25, 0.3) is 0 Å². The van der Waals surface area contributed by atoms with Crippen molar-refractivity contribution in [3.63, 3.8) is 0 Å². The molecule has 0 spiro atoms. The quantitative estimate of drug-likeness (QED) is 0.428. The third-order valence-electron chi connectivity index (χ3n) is 3.69. The molecule has 3 rings (SSSR count). The second kappa shape index (κ2) is 8.23. The number of nitrogens with zero attached hydrogens (tertiary/aromatic N) is 3. The molecule has 4 nitrogen and oxygen atoms in total. The van der Waals surface area contributed by atoms with Gasteiger partial charge in [0.05, 0.1) is 12.7 Å². The Morgan fingerprint density at radius 1 is 1.16 bits per heavy atom. The van der Waals surface area contributed by atoms with E-state index in [-0.39, 0.29) is 0 Å². The Labute approximate surface area is 156 Å². The van der Waals surface area contributed by atoms with Crippen LogP contribution in [0.25, 0.3) is 11.4 Å². The molecule has 0 radical (unpaired) electrons. The molecule has 6 heteroatoms. The number of hydrogen-bond donors (Lipinski definition) is 0. The molecule has 0 saturated heterocycles. The van der Waals surface area contributed by atoms with Crippen molar-refractivity contribution in [3.8, 4) is 17.1 Å². The molecule has 1 heterocycles. The molecule has 0 aliphatic rings. The molecule has 0 amide bonds. The number of methoxy groups -OCH3 is 1. The van der Waals surface area contributed by atoms with Crippen molar-refractivity contribution in [1.29, 1.82) is 0 Å². The van der Waals surface area contributed by atoms with Crippen molar-refractivity contribution in [2.24, 2.45) is 0 Å². The standard InChI is InChI=1S/C19H18ClN3OS/c1-3-12-23-18(15-9-5-7-11-17(15)24-2)21-22-19(23)25-13-14-8-4-6-10-16(14)20/h3-11H,1,12-13H2,2H3. The highest BCUT2D eigenvalue weighted by molar-refractivity contribution is 7.98. The maximum absolute atomic E-state index is 6.24. The molecule has 0 fully saturated rings. The van der Waals surface area contributed by atoms with E-state index in [4.69, 9.17) is 16.3 Å². The predicted octanol–water partition coefficient (Wildman–Crippen LogP) is 5.09. The lowest BCUT2D eigenvalue weighted by molar-refractivity contribution is 0.416. The van der Waals surface area contributed by atoms with Gasteiger partial charge in [-0.05, 0) is 23.8 Å². The zero-order chi connectivity index (χ0) is 17.6. The zero-order valence-corrected chi connectivity index (χ0v) is 15.4. The van der Waals surface area contributed by atoms with Gasteiger partial charge in [-0.25, -0.2) is 0 Å². The molecule has 1 aromatic heterocycles. The smallest absolute Gasteiger partial charge is 0.192 e. The van der Waals surface area contributed by atoms with Crippen LogP contribution in [0.4, 0.5) is 0 Å². The number of allylic oxidation sites excluding steroid dienone is 1. The summed E-state index contributed by atoms with van der Waals surface area (Å²) in [5.74, 6) is 2.25. The van der Waals surface area contributed by atoms with Gasteiger partial charge < -0.3 is 4.74 Å². The molecule has 0 atom stereocenters. The Hall–Kier alpha value is -2.24. The largest absolute Gasteiger partial charge is 0.496 e. The molecule has 0 bridgehead atoms. The third kappa shape index (κ3) is 3.89. The molecule has 0 saturated carbocycles. The first-order valence-electron chi connectivity index (χ1n) is 7.78. The van der Waals surface area contributed by atoms with E-state index >= 15 is 0 Å². The fourth-order valence-corrected chi connectivity index (χ4v) is 3.71. The summed E-state index contributed by atoms with van der Waals surface area (Å²) in [5, 5.41) is 10.3. The van der Waals surface area contributed by atoms with Gasteiger partial charge in [0.15, 0.2) is 11.0 Å². The van der Waals surface area contributed by atoms with E-state index in [0.717, 1.165) is 38.6 Å². The van der Waals surface area contributed by atoms with Gasteiger partial charge in [0.1, 0.15) is 5.75 Å². The summed E-state index contributed by atoms with van der Waals surface area (Å²) >= 11 is 7.84. The minimum Gasteiger partial charge on any atom is -0.496 e. The van der Waals surface area contributed by atoms with E-state index in [1.807, 2.05) is 59.2 Å². The van der Waals surface area contributed by atoms with Crippen LogP contribution in [-0.4, -0.2) is 21.9 Å². The van der Waals surface area contributed by atoms with E-state index in [1.54, 1.807) is 18.9 Å². The average molecular weight is 372 g/mol. The van der Waals surface area contributed by atoms with Crippen molar-refractivity contribution >= 4 is 23.4 Å². The van der Waals surface area contributed by atoms with Gasteiger partial charge in [-0.2, -0.15) is 0 Å². The van der Waals surface area contributed by atoms with Crippen molar-refractivity contribution in [1.82, 2.24) is 14.8 Å². The van der Waals surface area contributed by atoms with Gasteiger partial charge in [0, 0.05) is 17.3 Å². The monoisotopic (exact) mass is 371 g/mol. The van der Waals surface area contributed by atoms with Gasteiger partial charge in [-0.3, -0.25) is 4.57 Å². The van der Waals surface area contributed by atoms with Gasteiger partial charge in [-0.15, -0.1) is 16.8 Å². The highest BCUT2D eigenvalue weighted by atomic mass is 35.5. The summed E-state index contributed by atoms with van der Waals surface area (Å²) in [5.41, 5.74) is 1.98. The van der Waals surface area contributed by atoms with Crippen molar-refractivity contribution < 1.29 is 4.74 Å². The lowest BCUT2D eigenvalue weighted by Crippen LogP contribution is -2.01. The van der Waals surface area contributed by atoms with E-state index < -0.39 is 0 Å². The number of hydrogen-bond acceptors (Lipinski definition) is 4. The van der Waals surface area contributed by atoms with Gasteiger partial charge in [-0.1, -0.05) is 59.8 Å². The Bertz CT molecular complexity index is 879. The molecule has 0 unspecified atom stereocenters. The Morgan fingerprint density at radius 2 is 1.92 bits per heavy atom. The Balaban J connectivity index is 1.92. The van der Waals surface area contributed by atoms with E-state index in [2.05, 4.69) is 16.8 Å². The van der Waals surface area contributed by atoms with Crippen LogP contribution >= 0.6 is 23.4 Å². The molecule has 2 aromatic carbocycles. The molecule has 128 valence electrons. The summed E-state index contributed by atoms with van der Waals surface area (Å²) in [6.07, 6.45) is 1.84. The fourth-order valence-electron chi connectivity index (χ4n) is 2.48. The van der Waals surface area contributed by atoms with Crippen LogP contribution in [0.2, 0.25) is 5.02 Å². The van der Waals surface area contributed by atoms with E-state index in [9.17, 15) is 0 Å². The van der Waals surface area contributed by atoms with Crippen LogP contribution in [-0.2, 0) is 12.3 Å². The lowest BCUT2D eigenvalue weighted by atomic mass is 10.2. The second-order valence-corrected chi connectivity index (χ2v) is 6.64. The molecule has 0 N–H and O–H groups in total. The van der Waals surface area contributed by atoms with Crippen molar-refractivity contribution in [2.45, 2.75) is 17.5 Å². The Kier molecular flexibility index (Phi) is 5.79. The first kappa shape index (κ1) is 17.6. The average Bonchev–Trinajstić information content (AvgIpc) is 3.04. The van der Waals surface area contributed by atoms with Gasteiger partial charge in [0.2, 0.25) is 0 Å². The van der Waals surface area contributed by atoms with Crippen LogP contribution in [0.1, 0.15) is 5.56 Å². The molecule has 0 aliphatic heterocycles. The van der Waals surface area contributed by atoms with Gasteiger partial charge >= 0.3 is 0 Å². The molecule has 3 aromatic rings. The number of benzene rings is 2. The number of rotatable bonds is 7. The number of para-hydroxylation sites is 1. The maximum atomic E-state index is 6.24. The summed E-state index contributed by atoms with van der Waals surface area (Å²) in [4.78, 5) is 0. The molecule has 25 heavy (non-hydrogen) atoms. The number of aromatic nitrogens is 3. The van der Waals surface area contributed by atoms with Crippen LogP contribution in [0, 0.1) is 0 Å². The lowest BCUT2D eigenvalue weighted by Gasteiger charge is -2.10. The van der Waals surface area contributed by atoms with Crippen LogP contribution in [0.3, 0.4) is 0 Å². The second-order valence-electron chi connectivity index (χ2n) is 5.29. The first-order valence-corrected chi connectivity index (χ1v) is 9.14. The first-order chi connectivity index (χ1) is 12.2. The minimum atomic E-state index is 0.616. The van der Waals surface area contributed by atoms with Crippen LogP contribution in [0.15, 0.2) is 66.3 Å². The highest BCUT2D eigenvalue weighted by Crippen LogP contribution is 2.32. The number of halogens is 1. The Morgan fingerprint density at radius 3 is 2.68 bits per heavy atom. The van der Waals surface area contributed by atoms with Crippen LogP contribution in [0.5, 0.6) is 5.75 Å². The van der Waals surface area contributed by atoms with Crippen molar-refractivity contribution in [2.75, 3.05) is 7.11 Å². The third-order valence-corrected chi connectivity index (χ3v) is 5.08. The molecule has 0 aliphatic carbocycles. The maximum Gasteiger partial charge on any atom is 0.192 e. The topological polar surface area (TPSA) is 39.9 Å². The zero-order valence-electron chi connectivity index (χ0n) is 13.9. The number of ether oxygens (including phenoxy) is 1. The molecular weight excluding hydrogens is 354 g/mol. The summed E-state index contributed by atoms with van der Waals surface area (Å²) in [6, 6.07) is 15.6. The fraction of sp³-hybridized carbons (Fsp3) is 0.158. The highest BCUT2D eigenvalue weighted by Gasteiger charge is 2.17. The van der Waals surface area contributed by atoms with Crippen molar-refractivity contribution in [3.05, 3.63) is 71.8 Å². The summed E-state index contributed by atoms with van der Waals surface area (Å²) in [6.45, 7) is 4.46. The minimum absolute atomic E-state index is 0.616. The number of thioether (sulfide) groups is 1. The SMILES string of the molecule is C=CCn1c(SCc2ccccc2Cl)nnc1-c1ccccc1OC. The normalized spacial score (nSPS) is 10.6. The van der Waals surface area contributed by atoms with E-state index in [0.29, 0.717) is 6.54 Å². The summed E-state index contributed by atoms with van der Waals surface area (Å²) < 4.78 is 7.49. The van der Waals surface area contributed by atoms with E-state index in [1.165, 1.54) is 0 Å². The summed E-state index contributed by atoms with van der Waals surface area (Å²) in [7, 11) is 1.65. The van der Waals surface area contributed by atoms with Crippen LogP contribution < -0.4 is 4.74 Å². The molecular formula is C19H18ClN3OS. The predicted molar refractivity (Wildman–Crippen MR) is 103 cm³/mol.